The molecule has 1 unspecified atom stereocenters. The van der Waals surface area contributed by atoms with E-state index in [0.29, 0.717) is 16.5 Å². The molecule has 0 saturated carbocycles. The minimum Gasteiger partial charge on any atom is -0.313 e. The molecular weight excluding hydrogens is 303 g/mol. The zero-order chi connectivity index (χ0) is 14.7. The van der Waals surface area contributed by atoms with Crippen LogP contribution in [0.4, 0.5) is 8.78 Å². The first-order valence-corrected chi connectivity index (χ1v) is 6.84. The van der Waals surface area contributed by atoms with Gasteiger partial charge in [-0.15, -0.1) is 0 Å². The van der Waals surface area contributed by atoms with Crippen LogP contribution in [0, 0.1) is 11.6 Å². The molecule has 1 atom stereocenters. The highest BCUT2D eigenvalue weighted by Crippen LogP contribution is 2.30. The van der Waals surface area contributed by atoms with Crippen LogP contribution in [0.25, 0.3) is 0 Å². The van der Waals surface area contributed by atoms with Crippen molar-refractivity contribution < 1.29 is 8.78 Å². The Morgan fingerprint density at radius 2 is 1.65 bits per heavy atom. The van der Waals surface area contributed by atoms with Crippen molar-refractivity contribution in [1.82, 2.24) is 5.32 Å². The van der Waals surface area contributed by atoms with Gasteiger partial charge in [0, 0.05) is 11.6 Å². The molecule has 0 fully saturated rings. The molecular formula is C15H13Cl2F2N. The summed E-state index contributed by atoms with van der Waals surface area (Å²) in [4.78, 5) is 0. The summed E-state index contributed by atoms with van der Waals surface area (Å²) >= 11 is 12.1. The second-order valence-electron chi connectivity index (χ2n) is 4.39. The van der Waals surface area contributed by atoms with E-state index in [1.54, 1.807) is 25.2 Å². The molecule has 0 saturated heterocycles. The lowest BCUT2D eigenvalue weighted by Gasteiger charge is -2.19. The zero-order valence-corrected chi connectivity index (χ0v) is 12.3. The second-order valence-corrected chi connectivity index (χ2v) is 5.18. The van der Waals surface area contributed by atoms with Gasteiger partial charge in [-0.2, -0.15) is 0 Å². The third kappa shape index (κ3) is 3.11. The predicted octanol–water partition coefficient (Wildman–Crippen LogP) is 4.77. The first-order valence-electron chi connectivity index (χ1n) is 6.08. The molecule has 0 heterocycles. The fraction of sp³-hybridized carbons (Fsp3) is 0.200. The van der Waals surface area contributed by atoms with Crippen LogP contribution in [-0.2, 0) is 6.42 Å². The molecule has 2 rings (SSSR count). The monoisotopic (exact) mass is 315 g/mol. The van der Waals surface area contributed by atoms with E-state index < -0.39 is 17.7 Å². The summed E-state index contributed by atoms with van der Waals surface area (Å²) in [7, 11) is 1.65. The van der Waals surface area contributed by atoms with E-state index in [1.165, 1.54) is 18.2 Å². The van der Waals surface area contributed by atoms with Crippen LogP contribution in [0.5, 0.6) is 0 Å². The average Bonchev–Trinajstić information content (AvgIpc) is 2.42. The van der Waals surface area contributed by atoms with Crippen molar-refractivity contribution in [2.45, 2.75) is 12.5 Å². The van der Waals surface area contributed by atoms with E-state index in [4.69, 9.17) is 23.2 Å². The highest BCUT2D eigenvalue weighted by molar-refractivity contribution is 6.42. The molecule has 0 amide bonds. The van der Waals surface area contributed by atoms with Gasteiger partial charge in [-0.3, -0.25) is 0 Å². The topological polar surface area (TPSA) is 12.0 Å². The highest BCUT2D eigenvalue weighted by atomic mass is 35.5. The van der Waals surface area contributed by atoms with Crippen LogP contribution < -0.4 is 5.32 Å². The van der Waals surface area contributed by atoms with Gasteiger partial charge in [-0.25, -0.2) is 8.78 Å². The van der Waals surface area contributed by atoms with E-state index >= 15 is 0 Å². The van der Waals surface area contributed by atoms with Gasteiger partial charge >= 0.3 is 0 Å². The van der Waals surface area contributed by atoms with Gasteiger partial charge in [0.15, 0.2) is 0 Å². The lowest BCUT2D eigenvalue weighted by atomic mass is 9.98. The number of halogens is 4. The van der Waals surface area contributed by atoms with Crippen LogP contribution in [0.15, 0.2) is 36.4 Å². The summed E-state index contributed by atoms with van der Waals surface area (Å²) in [6.45, 7) is 0. The fourth-order valence-electron chi connectivity index (χ4n) is 2.12. The molecule has 1 N–H and O–H groups in total. The molecule has 20 heavy (non-hydrogen) atoms. The molecule has 0 spiro atoms. The fourth-order valence-corrected chi connectivity index (χ4v) is 2.52. The Kier molecular flexibility index (Phi) is 4.97. The van der Waals surface area contributed by atoms with Crippen LogP contribution in [0.2, 0.25) is 10.0 Å². The number of rotatable bonds is 4. The third-order valence-electron chi connectivity index (χ3n) is 3.15. The summed E-state index contributed by atoms with van der Waals surface area (Å²) in [5.74, 6) is -1.16. The number of hydrogen-bond donors (Lipinski definition) is 1. The van der Waals surface area contributed by atoms with Crippen molar-refractivity contribution in [2.75, 3.05) is 7.05 Å². The maximum Gasteiger partial charge on any atom is 0.130 e. The van der Waals surface area contributed by atoms with Crippen LogP contribution in [0.3, 0.4) is 0 Å². The van der Waals surface area contributed by atoms with Crippen molar-refractivity contribution in [3.63, 3.8) is 0 Å². The van der Waals surface area contributed by atoms with Crippen LogP contribution in [0.1, 0.15) is 17.2 Å². The molecule has 5 heteroatoms. The Labute approximate surface area is 126 Å². The van der Waals surface area contributed by atoms with Crippen molar-refractivity contribution in [2.24, 2.45) is 0 Å². The van der Waals surface area contributed by atoms with Crippen molar-refractivity contribution in [1.29, 1.82) is 0 Å². The van der Waals surface area contributed by atoms with E-state index in [2.05, 4.69) is 5.32 Å². The molecule has 2 aromatic rings. The second kappa shape index (κ2) is 6.53. The third-order valence-corrected chi connectivity index (χ3v) is 4.01. The molecule has 2 aromatic carbocycles. The minimum atomic E-state index is -0.581. The van der Waals surface area contributed by atoms with Crippen LogP contribution >= 0.6 is 23.2 Å². The Bertz CT molecular complexity index is 597. The summed E-state index contributed by atoms with van der Waals surface area (Å²) < 4.78 is 27.7. The average molecular weight is 316 g/mol. The number of nitrogens with one attached hydrogen (secondary N) is 1. The Balaban J connectivity index is 2.37. The smallest absolute Gasteiger partial charge is 0.130 e. The van der Waals surface area contributed by atoms with E-state index in [9.17, 15) is 8.78 Å². The molecule has 0 aliphatic rings. The summed E-state index contributed by atoms with van der Waals surface area (Å²) in [6.07, 6.45) is 0.341. The Morgan fingerprint density at radius 1 is 1.05 bits per heavy atom. The Hall–Kier alpha value is -1.16. The minimum absolute atomic E-state index is 0.00559. The number of likely N-dealkylation sites (N-methyl/N-ethyl adjacent to an activating group) is 1. The Morgan fingerprint density at radius 3 is 2.25 bits per heavy atom. The van der Waals surface area contributed by atoms with Gasteiger partial charge in [-0.05, 0) is 37.2 Å². The van der Waals surface area contributed by atoms with Gasteiger partial charge in [0.1, 0.15) is 11.6 Å². The molecule has 0 aliphatic heterocycles. The normalized spacial score (nSPS) is 12.4. The van der Waals surface area contributed by atoms with Crippen molar-refractivity contribution in [3.05, 3.63) is 69.2 Å². The summed E-state index contributed by atoms with van der Waals surface area (Å²) in [5, 5.41) is 3.75. The quantitative estimate of drug-likeness (QED) is 0.856. The standard InChI is InChI=1S/C15H13Cl2F2N/c1-20-13(14-11(18)6-3-7-12(14)19)8-9-4-2-5-10(16)15(9)17/h2-7,13,20H,8H2,1H3. The maximum absolute atomic E-state index is 13.8. The molecule has 0 aromatic heterocycles. The lowest BCUT2D eigenvalue weighted by molar-refractivity contribution is 0.489. The van der Waals surface area contributed by atoms with Crippen LogP contribution in [-0.4, -0.2) is 7.05 Å². The van der Waals surface area contributed by atoms with E-state index in [1.807, 2.05) is 0 Å². The van der Waals surface area contributed by atoms with E-state index in [0.717, 1.165) is 5.56 Å². The van der Waals surface area contributed by atoms with Crippen molar-refractivity contribution >= 4 is 23.2 Å². The molecule has 1 nitrogen and oxygen atoms in total. The first kappa shape index (κ1) is 15.2. The van der Waals surface area contributed by atoms with Gasteiger partial charge in [0.25, 0.3) is 0 Å². The SMILES string of the molecule is CNC(Cc1cccc(Cl)c1Cl)c1c(F)cccc1F. The van der Waals surface area contributed by atoms with Gasteiger partial charge in [0.2, 0.25) is 0 Å². The predicted molar refractivity (Wildman–Crippen MR) is 78.3 cm³/mol. The highest BCUT2D eigenvalue weighted by Gasteiger charge is 2.20. The largest absolute Gasteiger partial charge is 0.313 e. The molecule has 0 bridgehead atoms. The number of benzene rings is 2. The van der Waals surface area contributed by atoms with Gasteiger partial charge < -0.3 is 5.32 Å². The van der Waals surface area contributed by atoms with E-state index in [-0.39, 0.29) is 5.56 Å². The van der Waals surface area contributed by atoms with Gasteiger partial charge in [-0.1, -0.05) is 41.4 Å². The molecule has 0 aliphatic carbocycles. The maximum atomic E-state index is 13.8. The zero-order valence-electron chi connectivity index (χ0n) is 10.8. The molecule has 106 valence electrons. The summed E-state index contributed by atoms with van der Waals surface area (Å²) in [5.41, 5.74) is 0.743. The van der Waals surface area contributed by atoms with Gasteiger partial charge in [0.05, 0.1) is 10.0 Å². The number of hydrogen-bond acceptors (Lipinski definition) is 1. The summed E-state index contributed by atoms with van der Waals surface area (Å²) in [6, 6.07) is 8.52. The molecule has 0 radical (unpaired) electrons. The lowest BCUT2D eigenvalue weighted by Crippen LogP contribution is -2.21. The first-order chi connectivity index (χ1) is 9.54. The van der Waals surface area contributed by atoms with Crippen molar-refractivity contribution in [3.8, 4) is 0 Å².